The van der Waals surface area contributed by atoms with Crippen LogP contribution in [-0.2, 0) is 0 Å². The van der Waals surface area contributed by atoms with Gasteiger partial charge in [0.25, 0.3) is 0 Å². The van der Waals surface area contributed by atoms with Crippen LogP contribution in [0.3, 0.4) is 0 Å². The minimum atomic E-state index is 0.704. The van der Waals surface area contributed by atoms with Crippen LogP contribution in [-0.4, -0.2) is 12.5 Å². The lowest BCUT2D eigenvalue weighted by molar-refractivity contribution is 0.111. The zero-order chi connectivity index (χ0) is 10.1. The molecule has 1 nitrogen and oxygen atoms in total. The third kappa shape index (κ3) is 1.47. The van der Waals surface area contributed by atoms with Crippen LogP contribution < -0.4 is 0 Å². The normalized spacial score (nSPS) is 10.7. The number of rotatable bonds is 2. The molecule has 0 N–H and O–H groups in total. The van der Waals surface area contributed by atoms with Gasteiger partial charge in [-0.1, -0.05) is 0 Å². The maximum absolute atomic E-state index is 10.9. The summed E-state index contributed by atoms with van der Waals surface area (Å²) < 4.78 is 1.09. The van der Waals surface area contributed by atoms with E-state index in [0.717, 1.165) is 26.2 Å². The molecule has 4 heteroatoms. The molecule has 0 saturated carbocycles. The Morgan fingerprint density at radius 1 is 1.57 bits per heavy atom. The Hall–Kier alpha value is -0.450. The first-order valence-corrected chi connectivity index (χ1v) is 6.55. The lowest BCUT2D eigenvalue weighted by atomic mass is 10.2. The molecule has 72 valence electrons. The van der Waals surface area contributed by atoms with Crippen molar-refractivity contribution in [2.45, 2.75) is 9.79 Å². The molecule has 2 aromatic rings. The summed E-state index contributed by atoms with van der Waals surface area (Å²) >= 11 is 7.59. The Bertz CT molecular complexity index is 487. The van der Waals surface area contributed by atoms with Gasteiger partial charge in [0.05, 0.1) is 0 Å². The van der Waals surface area contributed by atoms with E-state index >= 15 is 0 Å². The van der Waals surface area contributed by atoms with E-state index in [-0.39, 0.29) is 0 Å². The average molecular weight is 240 g/mol. The van der Waals surface area contributed by atoms with E-state index in [1.165, 1.54) is 0 Å². The number of carbonyl (C=O) groups excluding carboxylic acids is 1. The lowest BCUT2D eigenvalue weighted by Crippen LogP contribution is -1.87. The quantitative estimate of drug-likeness (QED) is 0.489. The molecule has 0 saturated heterocycles. The van der Waals surface area contributed by atoms with Crippen LogP contribution in [0.1, 0.15) is 10.4 Å². The van der Waals surface area contributed by atoms with Gasteiger partial charge in [-0.05, 0) is 29.2 Å². The first-order chi connectivity index (χ1) is 6.77. The van der Waals surface area contributed by atoms with Gasteiger partial charge in [0, 0.05) is 20.1 Å². The van der Waals surface area contributed by atoms with E-state index in [0.29, 0.717) is 5.56 Å². The lowest BCUT2D eigenvalue weighted by Gasteiger charge is -2.05. The van der Waals surface area contributed by atoms with Crippen LogP contribution in [0, 0.1) is 0 Å². The van der Waals surface area contributed by atoms with E-state index in [4.69, 9.17) is 0 Å². The summed E-state index contributed by atoms with van der Waals surface area (Å²) in [6.45, 7) is 0. The van der Waals surface area contributed by atoms with E-state index < -0.39 is 0 Å². The molecule has 0 radical (unpaired) electrons. The minimum Gasteiger partial charge on any atom is -0.298 e. The standard InChI is InChI=1S/C10H8OS3/c1-13-8-4-6-2-3-14-10(6)9(12)7(8)5-11/h2-5,12H,1H3. The fourth-order valence-corrected chi connectivity index (χ4v) is 3.35. The van der Waals surface area contributed by atoms with Crippen LogP contribution in [0.2, 0.25) is 0 Å². The molecule has 14 heavy (non-hydrogen) atoms. The van der Waals surface area contributed by atoms with Gasteiger partial charge in [0.2, 0.25) is 0 Å². The summed E-state index contributed by atoms with van der Waals surface area (Å²) in [6.07, 6.45) is 2.85. The SMILES string of the molecule is CSc1cc2ccsc2c(S)c1C=O. The molecule has 0 atom stereocenters. The summed E-state index contributed by atoms with van der Waals surface area (Å²) in [5, 5.41) is 3.18. The average Bonchev–Trinajstić information content (AvgIpc) is 2.65. The van der Waals surface area contributed by atoms with Crippen molar-refractivity contribution in [1.29, 1.82) is 0 Å². The Kier molecular flexibility index (Phi) is 2.85. The van der Waals surface area contributed by atoms with Gasteiger partial charge in [-0.3, -0.25) is 4.79 Å². The highest BCUT2D eigenvalue weighted by Crippen LogP contribution is 2.35. The fourth-order valence-electron chi connectivity index (χ4n) is 1.37. The summed E-state index contributed by atoms with van der Waals surface area (Å²) in [4.78, 5) is 12.7. The Labute approximate surface area is 95.9 Å². The van der Waals surface area contributed by atoms with Crippen molar-refractivity contribution in [3.63, 3.8) is 0 Å². The van der Waals surface area contributed by atoms with Crippen molar-refractivity contribution in [3.8, 4) is 0 Å². The zero-order valence-electron chi connectivity index (χ0n) is 7.48. The second kappa shape index (κ2) is 3.96. The van der Waals surface area contributed by atoms with Crippen LogP contribution in [0.25, 0.3) is 10.1 Å². The fraction of sp³-hybridized carbons (Fsp3) is 0.100. The molecule has 1 aromatic heterocycles. The third-order valence-corrected chi connectivity index (χ3v) is 4.40. The van der Waals surface area contributed by atoms with Crippen molar-refractivity contribution in [2.24, 2.45) is 0 Å². The van der Waals surface area contributed by atoms with Gasteiger partial charge in [0.1, 0.15) is 0 Å². The highest BCUT2D eigenvalue weighted by molar-refractivity contribution is 7.98. The largest absolute Gasteiger partial charge is 0.298 e. The van der Waals surface area contributed by atoms with Gasteiger partial charge in [-0.25, -0.2) is 0 Å². The second-order valence-electron chi connectivity index (χ2n) is 2.80. The number of fused-ring (bicyclic) bond motifs is 1. The molecular formula is C10H8OS3. The topological polar surface area (TPSA) is 17.1 Å². The monoisotopic (exact) mass is 240 g/mol. The number of carbonyl (C=O) groups is 1. The molecule has 2 rings (SSSR count). The molecule has 0 unspecified atom stereocenters. The minimum absolute atomic E-state index is 0.704. The van der Waals surface area contributed by atoms with Crippen molar-refractivity contribution in [1.82, 2.24) is 0 Å². The molecule has 0 amide bonds. The number of aldehydes is 1. The maximum atomic E-state index is 10.9. The molecule has 0 spiro atoms. The number of thiophene rings is 1. The molecular weight excluding hydrogens is 232 g/mol. The van der Waals surface area contributed by atoms with Gasteiger partial charge in [0.15, 0.2) is 6.29 Å². The number of benzene rings is 1. The van der Waals surface area contributed by atoms with E-state index in [9.17, 15) is 4.79 Å². The predicted octanol–water partition coefficient (Wildman–Crippen LogP) is 3.72. The highest BCUT2D eigenvalue weighted by atomic mass is 32.2. The van der Waals surface area contributed by atoms with Crippen molar-refractivity contribution < 1.29 is 4.79 Å². The first-order valence-electron chi connectivity index (χ1n) is 4.00. The van der Waals surface area contributed by atoms with Gasteiger partial charge >= 0.3 is 0 Å². The summed E-state index contributed by atoms with van der Waals surface area (Å²) in [6, 6.07) is 4.09. The summed E-state index contributed by atoms with van der Waals surface area (Å²) in [5.41, 5.74) is 0.704. The maximum Gasteiger partial charge on any atom is 0.152 e. The molecule has 0 aliphatic carbocycles. The smallest absolute Gasteiger partial charge is 0.152 e. The summed E-state index contributed by atoms with van der Waals surface area (Å²) in [5.74, 6) is 0. The van der Waals surface area contributed by atoms with E-state index in [2.05, 4.69) is 12.6 Å². The Morgan fingerprint density at radius 2 is 2.36 bits per heavy atom. The predicted molar refractivity (Wildman–Crippen MR) is 66.2 cm³/mol. The van der Waals surface area contributed by atoms with E-state index in [1.807, 2.05) is 23.8 Å². The second-order valence-corrected chi connectivity index (χ2v) is 5.01. The third-order valence-electron chi connectivity index (χ3n) is 2.06. The summed E-state index contributed by atoms with van der Waals surface area (Å²) in [7, 11) is 0. The molecule has 1 aromatic carbocycles. The molecule has 0 aliphatic rings. The van der Waals surface area contributed by atoms with Crippen LogP contribution in [0.15, 0.2) is 27.3 Å². The molecule has 0 fully saturated rings. The van der Waals surface area contributed by atoms with Crippen LogP contribution in [0.4, 0.5) is 0 Å². The number of thiol groups is 1. The van der Waals surface area contributed by atoms with Crippen LogP contribution >= 0.6 is 35.7 Å². The van der Waals surface area contributed by atoms with Gasteiger partial charge in [-0.2, -0.15) is 0 Å². The molecule has 0 aliphatic heterocycles. The first kappa shape index (κ1) is 10.1. The molecule has 1 heterocycles. The van der Waals surface area contributed by atoms with Gasteiger partial charge < -0.3 is 0 Å². The number of hydrogen-bond donors (Lipinski definition) is 1. The van der Waals surface area contributed by atoms with Crippen molar-refractivity contribution in [2.75, 3.05) is 6.26 Å². The zero-order valence-corrected chi connectivity index (χ0v) is 10.0. The van der Waals surface area contributed by atoms with E-state index in [1.54, 1.807) is 23.1 Å². The molecule has 0 bridgehead atoms. The Morgan fingerprint density at radius 3 is 3.00 bits per heavy atom. The van der Waals surface area contributed by atoms with Gasteiger partial charge in [-0.15, -0.1) is 35.7 Å². The number of hydrogen-bond acceptors (Lipinski definition) is 4. The Balaban J connectivity index is 2.85. The van der Waals surface area contributed by atoms with Crippen molar-refractivity contribution in [3.05, 3.63) is 23.1 Å². The number of thioether (sulfide) groups is 1. The van der Waals surface area contributed by atoms with Crippen LogP contribution in [0.5, 0.6) is 0 Å². The van der Waals surface area contributed by atoms with Crippen molar-refractivity contribution >= 4 is 52.1 Å². The highest BCUT2D eigenvalue weighted by Gasteiger charge is 2.10.